The highest BCUT2D eigenvalue weighted by Crippen LogP contribution is 2.26. The molecule has 0 amide bonds. The summed E-state index contributed by atoms with van der Waals surface area (Å²) < 4.78 is 46.3. The summed E-state index contributed by atoms with van der Waals surface area (Å²) in [5, 5.41) is 0. The molecule has 0 radical (unpaired) electrons. The monoisotopic (exact) mass is 933 g/mol. The summed E-state index contributed by atoms with van der Waals surface area (Å²) in [6.07, 6.45) is 22.0. The van der Waals surface area contributed by atoms with Gasteiger partial charge in [0.2, 0.25) is 12.6 Å². The third-order valence-electron chi connectivity index (χ3n) is 11.9. The minimum Gasteiger partial charge on any atom is -0.494 e. The van der Waals surface area contributed by atoms with Gasteiger partial charge in [-0.05, 0) is 83.3 Å². The van der Waals surface area contributed by atoms with Gasteiger partial charge in [-0.15, -0.1) is 0 Å². The lowest BCUT2D eigenvalue weighted by molar-refractivity contribution is -0.326. The topological polar surface area (TPSA) is 108 Å². The fraction of sp³-hybridized carbons (Fsp3) is 0.483. The van der Waals surface area contributed by atoms with Crippen molar-refractivity contribution in [1.82, 2.24) is 0 Å². The molecule has 0 bridgehead atoms. The van der Waals surface area contributed by atoms with Crippen LogP contribution in [0.15, 0.2) is 122 Å². The Labute approximate surface area is 406 Å². The molecule has 1 heterocycles. The number of hydrogen-bond donors (Lipinski definition) is 0. The van der Waals surface area contributed by atoms with Gasteiger partial charge in [-0.1, -0.05) is 176 Å². The van der Waals surface area contributed by atoms with Gasteiger partial charge in [-0.2, -0.15) is 0 Å². The molecule has 68 heavy (non-hydrogen) atoms. The number of unbranched alkanes of at least 4 members (excludes halogenated alkanes) is 16. The molecule has 368 valence electrons. The van der Waals surface area contributed by atoms with Crippen LogP contribution in [-0.2, 0) is 51.2 Å². The molecule has 2 atom stereocenters. The van der Waals surface area contributed by atoms with E-state index in [4.69, 9.17) is 37.9 Å². The summed E-state index contributed by atoms with van der Waals surface area (Å²) in [6, 6.07) is 33.4. The van der Waals surface area contributed by atoms with Gasteiger partial charge in [-0.25, -0.2) is 9.59 Å². The minimum absolute atomic E-state index is 0.336. The van der Waals surface area contributed by atoms with Crippen molar-refractivity contribution in [1.29, 1.82) is 0 Å². The molecule has 5 rings (SSSR count). The molecule has 0 N–H and O–H groups in total. The van der Waals surface area contributed by atoms with E-state index in [1.165, 1.54) is 89.2 Å². The van der Waals surface area contributed by atoms with Crippen LogP contribution >= 0.6 is 0 Å². The van der Waals surface area contributed by atoms with Gasteiger partial charge in [0.05, 0.1) is 52.9 Å². The van der Waals surface area contributed by atoms with Crippen LogP contribution in [0.4, 0.5) is 0 Å². The number of hydrogen-bond acceptors (Lipinski definition) is 10. The second-order valence-electron chi connectivity index (χ2n) is 17.3. The summed E-state index contributed by atoms with van der Waals surface area (Å²) in [7, 11) is 0. The van der Waals surface area contributed by atoms with Crippen LogP contribution in [0.3, 0.4) is 0 Å². The number of ether oxygens (including phenoxy) is 8. The second-order valence-corrected chi connectivity index (χ2v) is 17.3. The van der Waals surface area contributed by atoms with E-state index in [1.54, 1.807) is 0 Å². The van der Waals surface area contributed by atoms with Crippen LogP contribution in [0, 0.1) is 0 Å². The van der Waals surface area contributed by atoms with E-state index in [-0.39, 0.29) is 11.9 Å². The lowest BCUT2D eigenvalue weighted by atomic mass is 10.0. The van der Waals surface area contributed by atoms with Gasteiger partial charge in [0.15, 0.2) is 0 Å². The highest BCUT2D eigenvalue weighted by molar-refractivity contribution is 5.81. The Morgan fingerprint density at radius 3 is 1.00 bits per heavy atom. The first-order valence-electron chi connectivity index (χ1n) is 25.2. The van der Waals surface area contributed by atoms with Gasteiger partial charge in [0, 0.05) is 12.2 Å². The third-order valence-corrected chi connectivity index (χ3v) is 11.9. The standard InChI is InChI=1S/C58H76O10/c1-3-55(59)63-41-21-17-13-9-5-7-11-15-19-39-61-53-35-31-51(32-36-53)49-27-23-47(24-28-49)45-67-57-58(66-44-43-65-57)68-46-48-25-29-50(30-26-48)52-33-37-54(38-34-52)62-40-20-16-12-8-6-10-14-18-22-42-64-56(60)4-2/h3-4,23-38,57-58H,1-2,5-22,39-46H2/t57-,58-/m1/s1. The second kappa shape index (κ2) is 33.3. The quantitative estimate of drug-likeness (QED) is 0.0248. The van der Waals surface area contributed by atoms with E-state index in [0.717, 1.165) is 96.6 Å². The van der Waals surface area contributed by atoms with Crippen LogP contribution in [-0.4, -0.2) is 64.2 Å². The molecule has 10 heteroatoms. The Morgan fingerprint density at radius 1 is 0.412 bits per heavy atom. The van der Waals surface area contributed by atoms with Crippen LogP contribution < -0.4 is 9.47 Å². The van der Waals surface area contributed by atoms with Gasteiger partial charge < -0.3 is 37.9 Å². The molecule has 0 aliphatic carbocycles. The molecule has 0 spiro atoms. The normalized spacial score (nSPS) is 14.5. The molecule has 10 nitrogen and oxygen atoms in total. The largest absolute Gasteiger partial charge is 0.494 e. The van der Waals surface area contributed by atoms with Crippen LogP contribution in [0.5, 0.6) is 11.5 Å². The van der Waals surface area contributed by atoms with Crippen molar-refractivity contribution in [2.45, 2.75) is 141 Å². The summed E-state index contributed by atoms with van der Waals surface area (Å²) in [4.78, 5) is 22.1. The van der Waals surface area contributed by atoms with Crippen molar-refractivity contribution >= 4 is 11.9 Å². The molecule has 1 saturated heterocycles. The number of rotatable bonds is 36. The zero-order valence-electron chi connectivity index (χ0n) is 40.4. The van der Waals surface area contributed by atoms with Crippen molar-refractivity contribution in [2.75, 3.05) is 39.6 Å². The fourth-order valence-electron chi connectivity index (χ4n) is 7.90. The summed E-state index contributed by atoms with van der Waals surface area (Å²) in [5.74, 6) is 1.12. The zero-order valence-corrected chi connectivity index (χ0v) is 40.4. The number of carbonyl (C=O) groups is 2. The van der Waals surface area contributed by atoms with E-state index < -0.39 is 12.6 Å². The first-order valence-corrected chi connectivity index (χ1v) is 25.2. The maximum Gasteiger partial charge on any atom is 0.330 e. The minimum atomic E-state index is -0.629. The molecular formula is C58H76O10. The molecule has 0 aromatic heterocycles. The van der Waals surface area contributed by atoms with Crippen LogP contribution in [0.1, 0.15) is 127 Å². The maximum atomic E-state index is 11.1. The number of carbonyl (C=O) groups excluding carboxylic acids is 2. The number of esters is 2. The molecule has 0 unspecified atom stereocenters. The Balaban J connectivity index is 0.901. The van der Waals surface area contributed by atoms with Gasteiger partial charge in [-0.3, -0.25) is 0 Å². The first kappa shape index (κ1) is 53.7. The summed E-state index contributed by atoms with van der Waals surface area (Å²) in [5.41, 5.74) is 6.59. The highest BCUT2D eigenvalue weighted by atomic mass is 16.8. The zero-order chi connectivity index (χ0) is 47.7. The Morgan fingerprint density at radius 2 is 0.691 bits per heavy atom. The van der Waals surface area contributed by atoms with E-state index in [0.29, 0.717) is 39.6 Å². The predicted octanol–water partition coefficient (Wildman–Crippen LogP) is 13.7. The predicted molar refractivity (Wildman–Crippen MR) is 269 cm³/mol. The highest BCUT2D eigenvalue weighted by Gasteiger charge is 2.29. The fourth-order valence-corrected chi connectivity index (χ4v) is 7.90. The maximum absolute atomic E-state index is 11.1. The van der Waals surface area contributed by atoms with Gasteiger partial charge in [0.25, 0.3) is 0 Å². The molecular weight excluding hydrogens is 857 g/mol. The molecule has 0 saturated carbocycles. The van der Waals surface area contributed by atoms with Crippen molar-refractivity contribution < 1.29 is 47.5 Å². The molecule has 4 aromatic rings. The van der Waals surface area contributed by atoms with E-state index >= 15 is 0 Å². The Kier molecular flexibility index (Phi) is 26.3. The average Bonchev–Trinajstić information content (AvgIpc) is 3.38. The van der Waals surface area contributed by atoms with E-state index in [9.17, 15) is 9.59 Å². The first-order chi connectivity index (χ1) is 33.5. The van der Waals surface area contributed by atoms with Crippen LogP contribution in [0.25, 0.3) is 22.3 Å². The van der Waals surface area contributed by atoms with Crippen LogP contribution in [0.2, 0.25) is 0 Å². The third kappa shape index (κ3) is 21.8. The molecule has 1 aliphatic rings. The molecule has 1 aliphatic heterocycles. The van der Waals surface area contributed by atoms with Crippen molar-refractivity contribution in [3.8, 4) is 33.8 Å². The molecule has 1 fully saturated rings. The van der Waals surface area contributed by atoms with E-state index in [2.05, 4.69) is 86.0 Å². The SMILES string of the molecule is C=CC(=O)OCCCCCCCCCCCOc1ccc(-c2ccc(CO[C@H]3OCCO[C@@H]3OCc3ccc(-c4ccc(OCCCCCCCCCCCOC(=O)C=C)cc4)cc3)cc2)cc1. The van der Waals surface area contributed by atoms with Crippen molar-refractivity contribution in [3.05, 3.63) is 133 Å². The Hall–Kier alpha value is -5.26. The smallest absolute Gasteiger partial charge is 0.330 e. The average molecular weight is 933 g/mol. The van der Waals surface area contributed by atoms with Crippen molar-refractivity contribution in [2.24, 2.45) is 0 Å². The van der Waals surface area contributed by atoms with Gasteiger partial charge in [0.1, 0.15) is 11.5 Å². The summed E-state index contributed by atoms with van der Waals surface area (Å²) in [6.45, 7) is 10.9. The molecule has 4 aromatic carbocycles. The lowest BCUT2D eigenvalue weighted by Gasteiger charge is -2.31. The summed E-state index contributed by atoms with van der Waals surface area (Å²) >= 11 is 0. The van der Waals surface area contributed by atoms with Gasteiger partial charge >= 0.3 is 11.9 Å². The van der Waals surface area contributed by atoms with Crippen molar-refractivity contribution in [3.63, 3.8) is 0 Å². The van der Waals surface area contributed by atoms with E-state index in [1.807, 2.05) is 24.3 Å². The number of benzene rings is 4. The lowest BCUT2D eigenvalue weighted by Crippen LogP contribution is -2.41. The Bertz CT molecular complexity index is 1830.